The summed E-state index contributed by atoms with van der Waals surface area (Å²) in [5.41, 5.74) is 1.10. The maximum Gasteiger partial charge on any atom is 0.410 e. The quantitative estimate of drug-likeness (QED) is 0.889. The Kier molecular flexibility index (Phi) is 6.02. The Morgan fingerprint density at radius 3 is 2.80 bits per heavy atom. The monoisotopic (exact) mass is 365 g/mol. The van der Waals surface area contributed by atoms with Crippen molar-refractivity contribution in [2.45, 2.75) is 51.7 Å². The molecule has 0 radical (unpaired) electrons. The lowest BCUT2D eigenvalue weighted by molar-refractivity contribution is 0.0146. The zero-order valence-corrected chi connectivity index (χ0v) is 16.5. The highest BCUT2D eigenvalue weighted by atomic mass is 32.1. The Labute approximate surface area is 155 Å². The van der Waals surface area contributed by atoms with Crippen LogP contribution in [-0.2, 0) is 11.2 Å². The number of carbonyl (C=O) groups is 1. The van der Waals surface area contributed by atoms with Crippen molar-refractivity contribution in [1.29, 1.82) is 0 Å². The van der Waals surface area contributed by atoms with E-state index in [9.17, 15) is 4.79 Å². The molecule has 6 heteroatoms. The normalized spacial score (nSPS) is 21.9. The lowest BCUT2D eigenvalue weighted by Gasteiger charge is -2.36. The summed E-state index contributed by atoms with van der Waals surface area (Å²) in [6.45, 7) is 11.2. The number of nitrogens with one attached hydrogen (secondary N) is 1. The van der Waals surface area contributed by atoms with Crippen LogP contribution in [0.4, 0.5) is 4.79 Å². The van der Waals surface area contributed by atoms with Crippen LogP contribution in [0.3, 0.4) is 0 Å². The number of fused-ring (bicyclic) bond motifs is 1. The van der Waals surface area contributed by atoms with E-state index < -0.39 is 5.60 Å². The van der Waals surface area contributed by atoms with E-state index in [0.717, 1.165) is 39.3 Å². The van der Waals surface area contributed by atoms with Gasteiger partial charge in [-0.1, -0.05) is 0 Å². The lowest BCUT2D eigenvalue weighted by atomic mass is 9.94. The summed E-state index contributed by atoms with van der Waals surface area (Å²) in [5.74, 6) is 0. The second-order valence-corrected chi connectivity index (χ2v) is 9.01. The highest BCUT2D eigenvalue weighted by Gasteiger charge is 2.26. The molecule has 1 atom stereocenters. The Bertz CT molecular complexity index is 573. The van der Waals surface area contributed by atoms with E-state index in [1.165, 1.54) is 24.8 Å². The van der Waals surface area contributed by atoms with Gasteiger partial charge in [-0.15, -0.1) is 11.3 Å². The molecule has 0 aromatic carbocycles. The minimum atomic E-state index is -0.418. The van der Waals surface area contributed by atoms with Crippen molar-refractivity contribution in [3.8, 4) is 0 Å². The third kappa shape index (κ3) is 5.19. The molecular formula is C19H31N3O2S. The molecule has 0 saturated carbocycles. The number of amides is 1. The topological polar surface area (TPSA) is 44.8 Å². The van der Waals surface area contributed by atoms with Crippen molar-refractivity contribution in [2.75, 3.05) is 39.3 Å². The molecule has 1 saturated heterocycles. The van der Waals surface area contributed by atoms with Gasteiger partial charge in [0.05, 0.1) is 0 Å². The van der Waals surface area contributed by atoms with Gasteiger partial charge in [-0.05, 0) is 57.0 Å². The van der Waals surface area contributed by atoms with Crippen LogP contribution >= 0.6 is 11.3 Å². The number of piperazine rings is 1. The molecule has 5 nitrogen and oxygen atoms in total. The third-order valence-electron chi connectivity index (χ3n) is 4.89. The van der Waals surface area contributed by atoms with Crippen LogP contribution in [0.1, 0.15) is 50.1 Å². The molecule has 0 spiro atoms. The Hall–Kier alpha value is -1.11. The number of nitrogens with zero attached hydrogens (tertiary/aromatic N) is 2. The highest BCUT2D eigenvalue weighted by molar-refractivity contribution is 7.10. The predicted molar refractivity (Wildman–Crippen MR) is 102 cm³/mol. The molecule has 1 amide bonds. The largest absolute Gasteiger partial charge is 0.444 e. The smallest absolute Gasteiger partial charge is 0.410 e. The summed E-state index contributed by atoms with van der Waals surface area (Å²) in [5, 5.41) is 5.96. The first-order chi connectivity index (χ1) is 11.9. The van der Waals surface area contributed by atoms with Gasteiger partial charge in [0.2, 0.25) is 0 Å². The van der Waals surface area contributed by atoms with E-state index in [2.05, 4.69) is 21.7 Å². The zero-order valence-electron chi connectivity index (χ0n) is 15.7. The fourth-order valence-electron chi connectivity index (χ4n) is 3.58. The molecule has 2 heterocycles. The summed E-state index contributed by atoms with van der Waals surface area (Å²) in [6, 6.07) is 2.81. The zero-order chi connectivity index (χ0) is 17.9. The number of hydrogen-bond acceptors (Lipinski definition) is 5. The van der Waals surface area contributed by atoms with Gasteiger partial charge >= 0.3 is 6.09 Å². The van der Waals surface area contributed by atoms with E-state index in [-0.39, 0.29) is 6.09 Å². The summed E-state index contributed by atoms with van der Waals surface area (Å²) in [4.78, 5) is 17.9. The fraction of sp³-hybridized carbons (Fsp3) is 0.737. The van der Waals surface area contributed by atoms with Crippen LogP contribution in [0, 0.1) is 0 Å². The fourth-order valence-corrected chi connectivity index (χ4v) is 4.56. The summed E-state index contributed by atoms with van der Waals surface area (Å²) in [6.07, 6.45) is 3.60. The molecule has 1 N–H and O–H groups in total. The first-order valence-electron chi connectivity index (χ1n) is 9.42. The van der Waals surface area contributed by atoms with Crippen LogP contribution in [0.2, 0.25) is 0 Å². The molecule has 140 valence electrons. The predicted octanol–water partition coefficient (Wildman–Crippen LogP) is 3.27. The van der Waals surface area contributed by atoms with E-state index in [0.29, 0.717) is 6.04 Å². The van der Waals surface area contributed by atoms with Crippen LogP contribution < -0.4 is 5.32 Å². The van der Waals surface area contributed by atoms with Crippen molar-refractivity contribution >= 4 is 17.4 Å². The summed E-state index contributed by atoms with van der Waals surface area (Å²) < 4.78 is 5.46. The average molecular weight is 366 g/mol. The van der Waals surface area contributed by atoms with Crippen molar-refractivity contribution < 1.29 is 9.53 Å². The van der Waals surface area contributed by atoms with Gasteiger partial charge in [0.15, 0.2) is 0 Å². The minimum absolute atomic E-state index is 0.183. The van der Waals surface area contributed by atoms with Gasteiger partial charge < -0.3 is 15.0 Å². The van der Waals surface area contributed by atoms with Gasteiger partial charge in [-0.25, -0.2) is 4.79 Å². The van der Waals surface area contributed by atoms with Crippen LogP contribution in [0.25, 0.3) is 0 Å². The van der Waals surface area contributed by atoms with Crippen LogP contribution in [0.5, 0.6) is 0 Å². The van der Waals surface area contributed by atoms with Gasteiger partial charge in [-0.3, -0.25) is 4.90 Å². The second kappa shape index (κ2) is 8.06. The lowest BCUT2D eigenvalue weighted by Crippen LogP contribution is -2.51. The number of aryl methyl sites for hydroxylation is 1. The maximum atomic E-state index is 12.1. The molecule has 3 rings (SSSR count). The third-order valence-corrected chi connectivity index (χ3v) is 5.89. The van der Waals surface area contributed by atoms with E-state index in [1.807, 2.05) is 37.0 Å². The van der Waals surface area contributed by atoms with E-state index in [1.54, 1.807) is 4.88 Å². The molecule has 1 aromatic rings. The number of thiophene rings is 1. The average Bonchev–Trinajstić information content (AvgIpc) is 3.03. The highest BCUT2D eigenvalue weighted by Crippen LogP contribution is 2.33. The van der Waals surface area contributed by atoms with Crippen LogP contribution in [-0.4, -0.2) is 60.8 Å². The molecule has 25 heavy (non-hydrogen) atoms. The van der Waals surface area contributed by atoms with Crippen molar-refractivity contribution in [3.63, 3.8) is 0 Å². The van der Waals surface area contributed by atoms with Gasteiger partial charge in [0, 0.05) is 50.2 Å². The number of hydrogen-bond donors (Lipinski definition) is 1. The standard InChI is InChI=1S/C19H31N3O2S/c1-19(2,3)24-18(23)22-12-10-21(11-13-22)9-8-20-16-5-4-6-17-15(16)7-14-25-17/h7,14,16,20H,4-6,8-13H2,1-3H3. The number of ether oxygens (including phenoxy) is 1. The molecule has 1 unspecified atom stereocenters. The molecular weight excluding hydrogens is 334 g/mol. The van der Waals surface area contributed by atoms with E-state index in [4.69, 9.17) is 4.74 Å². The SMILES string of the molecule is CC(C)(C)OC(=O)N1CCN(CCNC2CCCc3sccc32)CC1. The number of carbonyl (C=O) groups excluding carboxylic acids is 1. The second-order valence-electron chi connectivity index (χ2n) is 8.01. The Morgan fingerprint density at radius 1 is 1.32 bits per heavy atom. The first-order valence-corrected chi connectivity index (χ1v) is 10.3. The van der Waals surface area contributed by atoms with Crippen molar-refractivity contribution in [1.82, 2.24) is 15.1 Å². The van der Waals surface area contributed by atoms with Gasteiger partial charge in [0.25, 0.3) is 0 Å². The Balaban J connectivity index is 1.37. The minimum Gasteiger partial charge on any atom is -0.444 e. The molecule has 1 aliphatic carbocycles. The van der Waals surface area contributed by atoms with Crippen molar-refractivity contribution in [2.24, 2.45) is 0 Å². The van der Waals surface area contributed by atoms with Crippen molar-refractivity contribution in [3.05, 3.63) is 21.9 Å². The molecule has 1 aromatic heterocycles. The maximum absolute atomic E-state index is 12.1. The van der Waals surface area contributed by atoms with Gasteiger partial charge in [0.1, 0.15) is 5.60 Å². The molecule has 1 fully saturated rings. The first kappa shape index (κ1) is 18.7. The summed E-state index contributed by atoms with van der Waals surface area (Å²) in [7, 11) is 0. The van der Waals surface area contributed by atoms with Crippen LogP contribution in [0.15, 0.2) is 11.4 Å². The van der Waals surface area contributed by atoms with Gasteiger partial charge in [-0.2, -0.15) is 0 Å². The molecule has 2 aliphatic rings. The Morgan fingerprint density at radius 2 is 2.08 bits per heavy atom. The number of rotatable bonds is 4. The molecule has 1 aliphatic heterocycles. The molecule has 0 bridgehead atoms. The summed E-state index contributed by atoms with van der Waals surface area (Å²) >= 11 is 1.90. The van der Waals surface area contributed by atoms with E-state index >= 15 is 0 Å².